The number of para-hydroxylation sites is 1. The molecule has 2 fully saturated rings. The van der Waals surface area contributed by atoms with Crippen molar-refractivity contribution in [2.75, 3.05) is 14.2 Å². The number of hydrogen-bond donors (Lipinski definition) is 0. The Morgan fingerprint density at radius 1 is 1.10 bits per heavy atom. The van der Waals surface area contributed by atoms with Gasteiger partial charge in [-0.25, -0.2) is 4.99 Å². The number of thioether (sulfide) groups is 1. The Morgan fingerprint density at radius 3 is 2.47 bits per heavy atom. The quantitative estimate of drug-likeness (QED) is 0.485. The summed E-state index contributed by atoms with van der Waals surface area (Å²) < 4.78 is 11.7. The number of carbonyl (C=O) groups excluding carboxylic acids is 1. The summed E-state index contributed by atoms with van der Waals surface area (Å²) in [6, 6.07) is 13.7. The molecule has 1 amide bonds. The van der Waals surface area contributed by atoms with E-state index in [9.17, 15) is 4.79 Å². The van der Waals surface area contributed by atoms with Crippen LogP contribution < -0.4 is 9.47 Å². The monoisotopic (exact) mass is 486 g/mol. The van der Waals surface area contributed by atoms with Gasteiger partial charge in [0.2, 0.25) is 0 Å². The molecule has 2 aliphatic rings. The average molecular weight is 487 g/mol. The minimum absolute atomic E-state index is 0.00979. The van der Waals surface area contributed by atoms with Gasteiger partial charge in [0, 0.05) is 17.7 Å². The highest BCUT2D eigenvalue weighted by molar-refractivity contribution is 9.10. The van der Waals surface area contributed by atoms with E-state index < -0.39 is 0 Å². The maximum atomic E-state index is 13.4. The fourth-order valence-corrected chi connectivity index (χ4v) is 5.37. The van der Waals surface area contributed by atoms with E-state index in [1.54, 1.807) is 14.2 Å². The van der Waals surface area contributed by atoms with Crippen molar-refractivity contribution in [3.05, 3.63) is 57.4 Å². The minimum atomic E-state index is 0.00979. The van der Waals surface area contributed by atoms with Crippen LogP contribution in [0.15, 0.2) is 56.8 Å². The van der Waals surface area contributed by atoms with Crippen LogP contribution in [0.4, 0.5) is 5.69 Å². The van der Waals surface area contributed by atoms with Crippen LogP contribution in [0.2, 0.25) is 0 Å². The standard InChI is InChI=1S/C23H23BrN2O3S/c1-28-19-14-20(29-2)18(24)12-15(19)13-21-22(27)26(17-10-6-7-11-17)23(30-21)25-16-8-4-3-5-9-16/h3-5,8-9,12-14,17H,6-7,10-11H2,1-2H3. The molecular formula is C23H23BrN2O3S. The van der Waals surface area contributed by atoms with Crippen LogP contribution in [0, 0.1) is 0 Å². The Labute approximate surface area is 189 Å². The molecule has 5 nitrogen and oxygen atoms in total. The van der Waals surface area contributed by atoms with Crippen molar-refractivity contribution in [2.24, 2.45) is 4.99 Å². The van der Waals surface area contributed by atoms with Crippen molar-refractivity contribution >= 4 is 50.5 Å². The van der Waals surface area contributed by atoms with Crippen LogP contribution in [0.3, 0.4) is 0 Å². The summed E-state index contributed by atoms with van der Waals surface area (Å²) in [6.07, 6.45) is 6.22. The smallest absolute Gasteiger partial charge is 0.267 e. The summed E-state index contributed by atoms with van der Waals surface area (Å²) in [6.45, 7) is 0. The zero-order valence-electron chi connectivity index (χ0n) is 16.9. The molecule has 7 heteroatoms. The van der Waals surface area contributed by atoms with E-state index >= 15 is 0 Å². The molecule has 1 heterocycles. The molecule has 0 unspecified atom stereocenters. The average Bonchev–Trinajstić information content (AvgIpc) is 3.37. The number of methoxy groups -OCH3 is 2. The second-order valence-electron chi connectivity index (χ2n) is 7.18. The Morgan fingerprint density at radius 2 is 1.80 bits per heavy atom. The van der Waals surface area contributed by atoms with Gasteiger partial charge in [0.25, 0.3) is 5.91 Å². The van der Waals surface area contributed by atoms with Crippen molar-refractivity contribution in [3.8, 4) is 11.5 Å². The van der Waals surface area contributed by atoms with Crippen LogP contribution in [0.25, 0.3) is 6.08 Å². The predicted octanol–water partition coefficient (Wildman–Crippen LogP) is 6.01. The first-order valence-electron chi connectivity index (χ1n) is 9.89. The SMILES string of the molecule is COc1cc(OC)c(C=C2SC(=Nc3ccccc3)N(C3CCCC3)C2=O)cc1Br. The second-order valence-corrected chi connectivity index (χ2v) is 9.05. The van der Waals surface area contributed by atoms with Crippen LogP contribution in [0.1, 0.15) is 31.2 Å². The fourth-order valence-electron chi connectivity index (χ4n) is 3.80. The van der Waals surface area contributed by atoms with E-state index in [0.29, 0.717) is 16.4 Å². The topological polar surface area (TPSA) is 51.1 Å². The Kier molecular flexibility index (Phi) is 6.49. The van der Waals surface area contributed by atoms with Gasteiger partial charge in [-0.3, -0.25) is 9.69 Å². The molecule has 30 heavy (non-hydrogen) atoms. The summed E-state index contributed by atoms with van der Waals surface area (Å²) in [5.41, 5.74) is 1.66. The zero-order chi connectivity index (χ0) is 21.1. The zero-order valence-corrected chi connectivity index (χ0v) is 19.3. The lowest BCUT2D eigenvalue weighted by Crippen LogP contribution is -2.37. The van der Waals surface area contributed by atoms with Gasteiger partial charge in [-0.2, -0.15) is 0 Å². The number of nitrogens with zero attached hydrogens (tertiary/aromatic N) is 2. The maximum absolute atomic E-state index is 13.4. The summed E-state index contributed by atoms with van der Waals surface area (Å²) in [5.74, 6) is 1.34. The molecule has 4 rings (SSSR count). The molecule has 156 valence electrons. The van der Waals surface area contributed by atoms with E-state index in [1.807, 2.05) is 53.4 Å². The van der Waals surface area contributed by atoms with E-state index in [-0.39, 0.29) is 11.9 Å². The molecule has 2 aromatic carbocycles. The molecule has 0 bridgehead atoms. The molecule has 0 spiro atoms. The van der Waals surface area contributed by atoms with Gasteiger partial charge in [0.05, 0.1) is 29.3 Å². The van der Waals surface area contributed by atoms with Gasteiger partial charge < -0.3 is 9.47 Å². The summed E-state index contributed by atoms with van der Waals surface area (Å²) >= 11 is 4.95. The third kappa shape index (κ3) is 4.27. The molecule has 1 saturated heterocycles. The van der Waals surface area contributed by atoms with Crippen molar-refractivity contribution in [3.63, 3.8) is 0 Å². The molecule has 0 radical (unpaired) electrons. The van der Waals surface area contributed by atoms with Crippen molar-refractivity contribution in [2.45, 2.75) is 31.7 Å². The molecule has 2 aromatic rings. The van der Waals surface area contributed by atoms with Gasteiger partial charge in [-0.05, 0) is 64.8 Å². The number of aliphatic imine (C=N–C) groups is 1. The number of hydrogen-bond acceptors (Lipinski definition) is 5. The third-order valence-electron chi connectivity index (χ3n) is 5.30. The van der Waals surface area contributed by atoms with E-state index in [0.717, 1.165) is 46.6 Å². The van der Waals surface area contributed by atoms with Gasteiger partial charge in [-0.1, -0.05) is 31.0 Å². The van der Waals surface area contributed by atoms with Gasteiger partial charge >= 0.3 is 0 Å². The minimum Gasteiger partial charge on any atom is -0.496 e. The largest absolute Gasteiger partial charge is 0.496 e. The molecule has 1 aliphatic heterocycles. The van der Waals surface area contributed by atoms with E-state index in [1.165, 1.54) is 11.8 Å². The molecule has 0 aromatic heterocycles. The lowest BCUT2D eigenvalue weighted by atomic mass is 10.1. The van der Waals surface area contributed by atoms with Crippen LogP contribution in [-0.2, 0) is 4.79 Å². The number of amides is 1. The van der Waals surface area contributed by atoms with Crippen LogP contribution in [0.5, 0.6) is 11.5 Å². The van der Waals surface area contributed by atoms with E-state index in [4.69, 9.17) is 14.5 Å². The third-order valence-corrected chi connectivity index (χ3v) is 6.90. The number of amidine groups is 1. The Bertz CT molecular complexity index is 1000. The summed E-state index contributed by atoms with van der Waals surface area (Å²) in [7, 11) is 3.22. The molecule has 0 N–H and O–H groups in total. The fraction of sp³-hybridized carbons (Fsp3) is 0.304. The molecule has 1 aliphatic carbocycles. The van der Waals surface area contributed by atoms with Gasteiger partial charge in [-0.15, -0.1) is 0 Å². The highest BCUT2D eigenvalue weighted by atomic mass is 79.9. The normalized spacial score (nSPS) is 19.8. The highest BCUT2D eigenvalue weighted by Gasteiger charge is 2.39. The van der Waals surface area contributed by atoms with Gasteiger partial charge in [0.1, 0.15) is 11.5 Å². The summed E-state index contributed by atoms with van der Waals surface area (Å²) in [4.78, 5) is 20.7. The lowest BCUT2D eigenvalue weighted by molar-refractivity contribution is -0.123. The Hall–Kier alpha value is -2.25. The Balaban J connectivity index is 1.73. The lowest BCUT2D eigenvalue weighted by Gasteiger charge is -2.22. The number of ether oxygens (including phenoxy) is 2. The molecule has 0 atom stereocenters. The van der Waals surface area contributed by atoms with Crippen molar-refractivity contribution in [1.82, 2.24) is 4.90 Å². The van der Waals surface area contributed by atoms with Crippen LogP contribution >= 0.6 is 27.7 Å². The van der Waals surface area contributed by atoms with E-state index in [2.05, 4.69) is 15.9 Å². The maximum Gasteiger partial charge on any atom is 0.267 e. The van der Waals surface area contributed by atoms with Gasteiger partial charge in [0.15, 0.2) is 5.17 Å². The van der Waals surface area contributed by atoms with Crippen LogP contribution in [-0.4, -0.2) is 36.2 Å². The van der Waals surface area contributed by atoms with Crippen molar-refractivity contribution in [1.29, 1.82) is 0 Å². The number of rotatable bonds is 5. The first-order chi connectivity index (χ1) is 14.6. The summed E-state index contributed by atoms with van der Waals surface area (Å²) in [5, 5.41) is 0.746. The first-order valence-corrected chi connectivity index (χ1v) is 11.5. The molecule has 1 saturated carbocycles. The predicted molar refractivity (Wildman–Crippen MR) is 125 cm³/mol. The molecular weight excluding hydrogens is 464 g/mol. The second kappa shape index (κ2) is 9.27. The highest BCUT2D eigenvalue weighted by Crippen LogP contribution is 2.41. The first kappa shape index (κ1) is 21.0. The van der Waals surface area contributed by atoms with Crippen molar-refractivity contribution < 1.29 is 14.3 Å². The number of benzene rings is 2. The number of carbonyl (C=O) groups is 1. The number of halogens is 1.